The minimum atomic E-state index is -3.58. The SMILES string of the molecule is CC(=O)Nc1ccc(S(=O)(=O)N2CCC(Nc3cccc(F)c3)CC2)cc1. The maximum Gasteiger partial charge on any atom is 0.243 e. The first-order valence-corrected chi connectivity index (χ1v) is 10.2. The van der Waals surface area contributed by atoms with Crippen molar-refractivity contribution in [2.45, 2.75) is 30.7 Å². The van der Waals surface area contributed by atoms with Crippen LogP contribution in [0.3, 0.4) is 0 Å². The minimum absolute atomic E-state index is 0.0976. The molecule has 1 amide bonds. The molecule has 0 spiro atoms. The van der Waals surface area contributed by atoms with Crippen molar-refractivity contribution < 1.29 is 17.6 Å². The number of piperidine rings is 1. The van der Waals surface area contributed by atoms with Gasteiger partial charge in [0.05, 0.1) is 4.90 Å². The highest BCUT2D eigenvalue weighted by Gasteiger charge is 2.29. The highest BCUT2D eigenvalue weighted by Crippen LogP contribution is 2.24. The van der Waals surface area contributed by atoms with Crippen LogP contribution in [0.4, 0.5) is 15.8 Å². The molecule has 144 valence electrons. The van der Waals surface area contributed by atoms with E-state index in [4.69, 9.17) is 0 Å². The smallest absolute Gasteiger partial charge is 0.243 e. The molecule has 8 heteroatoms. The molecule has 1 saturated heterocycles. The number of amides is 1. The van der Waals surface area contributed by atoms with Crippen molar-refractivity contribution in [3.63, 3.8) is 0 Å². The van der Waals surface area contributed by atoms with Crippen LogP contribution in [0.1, 0.15) is 19.8 Å². The van der Waals surface area contributed by atoms with Crippen LogP contribution < -0.4 is 10.6 Å². The summed E-state index contributed by atoms with van der Waals surface area (Å²) in [6.07, 6.45) is 1.28. The van der Waals surface area contributed by atoms with Gasteiger partial charge in [-0.1, -0.05) is 6.07 Å². The van der Waals surface area contributed by atoms with Gasteiger partial charge in [0.15, 0.2) is 0 Å². The number of sulfonamides is 1. The number of halogens is 1. The normalized spacial score (nSPS) is 16.1. The van der Waals surface area contributed by atoms with Gasteiger partial charge in [-0.3, -0.25) is 4.79 Å². The van der Waals surface area contributed by atoms with Crippen LogP contribution in [0.15, 0.2) is 53.4 Å². The Labute approximate surface area is 158 Å². The molecular formula is C19H22FN3O3S. The number of benzene rings is 2. The van der Waals surface area contributed by atoms with Crippen LogP contribution >= 0.6 is 0 Å². The van der Waals surface area contributed by atoms with E-state index in [0.717, 1.165) is 0 Å². The summed E-state index contributed by atoms with van der Waals surface area (Å²) in [6.45, 7) is 2.18. The highest BCUT2D eigenvalue weighted by molar-refractivity contribution is 7.89. The zero-order valence-corrected chi connectivity index (χ0v) is 15.8. The quantitative estimate of drug-likeness (QED) is 0.821. The third kappa shape index (κ3) is 4.84. The van der Waals surface area contributed by atoms with Gasteiger partial charge < -0.3 is 10.6 Å². The van der Waals surface area contributed by atoms with E-state index in [1.807, 2.05) is 0 Å². The molecule has 2 N–H and O–H groups in total. The van der Waals surface area contributed by atoms with Gasteiger partial charge in [-0.05, 0) is 55.3 Å². The fourth-order valence-electron chi connectivity index (χ4n) is 3.12. The summed E-state index contributed by atoms with van der Waals surface area (Å²) < 4.78 is 40.3. The monoisotopic (exact) mass is 391 g/mol. The predicted octanol–water partition coefficient (Wildman–Crippen LogP) is 3.05. The first-order chi connectivity index (χ1) is 12.8. The number of carbonyl (C=O) groups is 1. The highest BCUT2D eigenvalue weighted by atomic mass is 32.2. The number of anilines is 2. The van der Waals surface area contributed by atoms with Crippen molar-refractivity contribution in [1.29, 1.82) is 0 Å². The Hall–Kier alpha value is -2.45. The molecule has 6 nitrogen and oxygen atoms in total. The number of hydrogen-bond donors (Lipinski definition) is 2. The lowest BCUT2D eigenvalue weighted by atomic mass is 10.1. The van der Waals surface area contributed by atoms with Crippen molar-refractivity contribution in [2.24, 2.45) is 0 Å². The van der Waals surface area contributed by atoms with Gasteiger partial charge in [0, 0.05) is 37.4 Å². The van der Waals surface area contributed by atoms with Crippen LogP contribution in [-0.4, -0.2) is 37.8 Å². The summed E-state index contributed by atoms with van der Waals surface area (Å²) in [5.74, 6) is -0.513. The van der Waals surface area contributed by atoms with Gasteiger partial charge >= 0.3 is 0 Å². The Kier molecular flexibility index (Phi) is 5.76. The molecule has 1 aliphatic heterocycles. The second-order valence-corrected chi connectivity index (χ2v) is 8.48. The van der Waals surface area contributed by atoms with E-state index in [9.17, 15) is 17.6 Å². The summed E-state index contributed by atoms with van der Waals surface area (Å²) in [5.41, 5.74) is 1.25. The maximum atomic E-state index is 13.3. The average Bonchev–Trinajstić information content (AvgIpc) is 2.62. The van der Waals surface area contributed by atoms with E-state index in [1.54, 1.807) is 24.3 Å². The van der Waals surface area contributed by atoms with E-state index in [2.05, 4.69) is 10.6 Å². The van der Waals surface area contributed by atoms with Gasteiger partial charge in [-0.2, -0.15) is 4.31 Å². The number of carbonyl (C=O) groups excluding carboxylic acids is 1. The van der Waals surface area contributed by atoms with Gasteiger partial charge in [0.25, 0.3) is 0 Å². The molecule has 0 unspecified atom stereocenters. The molecular weight excluding hydrogens is 369 g/mol. The molecule has 0 radical (unpaired) electrons. The van der Waals surface area contributed by atoms with Crippen LogP contribution in [0, 0.1) is 5.82 Å². The standard InChI is InChI=1S/C19H22FN3O3S/c1-14(24)21-16-5-7-19(8-6-16)27(25,26)23-11-9-17(10-12-23)22-18-4-2-3-15(20)13-18/h2-8,13,17,22H,9-12H2,1H3,(H,21,24). The van der Waals surface area contributed by atoms with Crippen LogP contribution in [0.2, 0.25) is 0 Å². The van der Waals surface area contributed by atoms with Crippen molar-refractivity contribution in [1.82, 2.24) is 4.31 Å². The second kappa shape index (κ2) is 8.06. The minimum Gasteiger partial charge on any atom is -0.382 e. The molecule has 3 rings (SSSR count). The summed E-state index contributed by atoms with van der Waals surface area (Å²) in [7, 11) is -3.58. The summed E-state index contributed by atoms with van der Waals surface area (Å²) in [5, 5.41) is 5.87. The molecule has 0 aromatic heterocycles. The Morgan fingerprint density at radius 2 is 1.74 bits per heavy atom. The lowest BCUT2D eigenvalue weighted by Crippen LogP contribution is -2.42. The van der Waals surface area contributed by atoms with Crippen molar-refractivity contribution in [3.8, 4) is 0 Å². The number of nitrogens with one attached hydrogen (secondary N) is 2. The van der Waals surface area contributed by atoms with E-state index in [0.29, 0.717) is 37.3 Å². The largest absolute Gasteiger partial charge is 0.382 e. The zero-order valence-electron chi connectivity index (χ0n) is 15.0. The molecule has 2 aromatic carbocycles. The molecule has 1 fully saturated rings. The lowest BCUT2D eigenvalue weighted by Gasteiger charge is -2.32. The first-order valence-electron chi connectivity index (χ1n) is 8.74. The van der Waals surface area contributed by atoms with Crippen molar-refractivity contribution in [2.75, 3.05) is 23.7 Å². The molecule has 0 atom stereocenters. The Morgan fingerprint density at radius 3 is 2.33 bits per heavy atom. The summed E-state index contributed by atoms with van der Waals surface area (Å²) >= 11 is 0. The van der Waals surface area contributed by atoms with Crippen molar-refractivity contribution >= 4 is 27.3 Å². The van der Waals surface area contributed by atoms with E-state index in [1.165, 1.54) is 35.5 Å². The predicted molar refractivity (Wildman–Crippen MR) is 103 cm³/mol. The number of hydrogen-bond acceptors (Lipinski definition) is 4. The second-order valence-electron chi connectivity index (χ2n) is 6.54. The molecule has 1 aliphatic rings. The molecule has 0 aliphatic carbocycles. The molecule has 2 aromatic rings. The topological polar surface area (TPSA) is 78.5 Å². The first kappa shape index (κ1) is 19.3. The average molecular weight is 391 g/mol. The van der Waals surface area contributed by atoms with Gasteiger partial charge in [-0.15, -0.1) is 0 Å². The number of nitrogens with zero attached hydrogens (tertiary/aromatic N) is 1. The molecule has 1 heterocycles. The van der Waals surface area contributed by atoms with Gasteiger partial charge in [0.1, 0.15) is 5.82 Å². The number of rotatable bonds is 5. The molecule has 0 bridgehead atoms. The third-order valence-corrected chi connectivity index (χ3v) is 6.37. The third-order valence-electron chi connectivity index (χ3n) is 4.46. The van der Waals surface area contributed by atoms with Gasteiger partial charge in [0.2, 0.25) is 15.9 Å². The Bertz CT molecular complexity index is 908. The lowest BCUT2D eigenvalue weighted by molar-refractivity contribution is -0.114. The fourth-order valence-corrected chi connectivity index (χ4v) is 4.59. The zero-order chi connectivity index (χ0) is 19.4. The van der Waals surface area contributed by atoms with E-state index in [-0.39, 0.29) is 22.7 Å². The maximum absolute atomic E-state index is 13.3. The molecule has 27 heavy (non-hydrogen) atoms. The van der Waals surface area contributed by atoms with E-state index < -0.39 is 10.0 Å². The van der Waals surface area contributed by atoms with E-state index >= 15 is 0 Å². The fraction of sp³-hybridized carbons (Fsp3) is 0.316. The van der Waals surface area contributed by atoms with Crippen LogP contribution in [-0.2, 0) is 14.8 Å². The Balaban J connectivity index is 1.61. The van der Waals surface area contributed by atoms with Crippen molar-refractivity contribution in [3.05, 3.63) is 54.3 Å². The summed E-state index contributed by atoms with van der Waals surface area (Å²) in [4.78, 5) is 11.3. The summed E-state index contributed by atoms with van der Waals surface area (Å²) in [6, 6.07) is 12.5. The van der Waals surface area contributed by atoms with Crippen LogP contribution in [0.25, 0.3) is 0 Å². The Morgan fingerprint density at radius 1 is 1.07 bits per heavy atom. The van der Waals surface area contributed by atoms with Gasteiger partial charge in [-0.25, -0.2) is 12.8 Å². The molecule has 0 saturated carbocycles. The van der Waals surface area contributed by atoms with Crippen LogP contribution in [0.5, 0.6) is 0 Å².